The van der Waals surface area contributed by atoms with Crippen LogP contribution < -0.4 is 16.6 Å². The van der Waals surface area contributed by atoms with Crippen LogP contribution in [0.15, 0.2) is 48.5 Å². The molecule has 0 aliphatic rings. The maximum atomic E-state index is 11.3. The topological polar surface area (TPSA) is 133 Å². The van der Waals surface area contributed by atoms with Crippen molar-refractivity contribution in [1.29, 1.82) is 0 Å². The molecule has 0 radical (unpaired) electrons. The van der Waals surface area contributed by atoms with Crippen LogP contribution in [0.3, 0.4) is 0 Å². The monoisotopic (exact) mass is 287 g/mol. The summed E-state index contributed by atoms with van der Waals surface area (Å²) in [5.41, 5.74) is 10.3. The third kappa shape index (κ3) is 2.96. The highest BCUT2D eigenvalue weighted by molar-refractivity contribution is 5.78. The number of carboxylic acids is 1. The van der Waals surface area contributed by atoms with Crippen LogP contribution in [0, 0.1) is 0 Å². The normalized spacial score (nSPS) is 11.6. The second kappa shape index (κ2) is 5.43. The van der Waals surface area contributed by atoms with E-state index in [1.165, 1.54) is 48.5 Å². The van der Waals surface area contributed by atoms with E-state index in [4.69, 9.17) is 11.5 Å². The van der Waals surface area contributed by atoms with Crippen molar-refractivity contribution in [1.82, 2.24) is 0 Å². The molecule has 0 aliphatic carbocycles. The molecule has 0 saturated heterocycles. The zero-order chi connectivity index (χ0) is 15.6. The van der Waals surface area contributed by atoms with Crippen LogP contribution in [-0.2, 0) is 4.79 Å². The van der Waals surface area contributed by atoms with Gasteiger partial charge in [-0.25, -0.2) is 0 Å². The van der Waals surface area contributed by atoms with Crippen molar-refractivity contribution in [3.63, 3.8) is 0 Å². The number of hydrogen-bond donors (Lipinski definition) is 4. The van der Waals surface area contributed by atoms with Gasteiger partial charge in [-0.3, -0.25) is 0 Å². The van der Waals surface area contributed by atoms with Crippen LogP contribution in [-0.4, -0.2) is 21.8 Å². The van der Waals surface area contributed by atoms with Crippen LogP contribution in [0.1, 0.15) is 17.0 Å². The predicted octanol–water partition coefficient (Wildman–Crippen LogP) is -0.407. The maximum absolute atomic E-state index is 11.3. The summed E-state index contributed by atoms with van der Waals surface area (Å²) in [6.07, 6.45) is 0. The lowest BCUT2D eigenvalue weighted by atomic mass is 9.81. The Balaban J connectivity index is 2.56. The smallest absolute Gasteiger partial charge is 0.116 e. The molecule has 0 unspecified atom stereocenters. The minimum Gasteiger partial charge on any atom is -0.547 e. The molecular formula is C15H15N2O4-. The molecule has 0 aromatic heterocycles. The fourth-order valence-corrected chi connectivity index (χ4v) is 2.20. The van der Waals surface area contributed by atoms with Crippen LogP contribution in [0.5, 0.6) is 11.5 Å². The van der Waals surface area contributed by atoms with E-state index in [9.17, 15) is 20.1 Å². The summed E-state index contributed by atoms with van der Waals surface area (Å²) in [7, 11) is 0. The van der Waals surface area contributed by atoms with Gasteiger partial charge in [0.05, 0.1) is 5.97 Å². The van der Waals surface area contributed by atoms with Gasteiger partial charge in [0.1, 0.15) is 17.2 Å². The number of hydrogen-bond acceptors (Lipinski definition) is 6. The van der Waals surface area contributed by atoms with Crippen molar-refractivity contribution in [3.05, 3.63) is 59.7 Å². The minimum atomic E-state index is -2.14. The third-order valence-corrected chi connectivity index (χ3v) is 3.28. The molecule has 6 heteroatoms. The Morgan fingerprint density at radius 1 is 0.905 bits per heavy atom. The second-order valence-electron chi connectivity index (χ2n) is 4.84. The lowest BCUT2D eigenvalue weighted by molar-refractivity contribution is -0.313. The lowest BCUT2D eigenvalue weighted by Crippen LogP contribution is -2.65. The average Bonchev–Trinajstić information content (AvgIpc) is 2.43. The molecule has 0 atom stereocenters. The van der Waals surface area contributed by atoms with Gasteiger partial charge in [0.2, 0.25) is 0 Å². The molecule has 21 heavy (non-hydrogen) atoms. The number of phenols is 2. The molecule has 2 rings (SSSR count). The Morgan fingerprint density at radius 3 is 1.52 bits per heavy atom. The van der Waals surface area contributed by atoms with Crippen molar-refractivity contribution in [2.75, 3.05) is 0 Å². The molecule has 0 fully saturated rings. The molecule has 0 spiro atoms. The summed E-state index contributed by atoms with van der Waals surface area (Å²) in [5, 5.41) is 29.9. The van der Waals surface area contributed by atoms with Crippen molar-refractivity contribution >= 4 is 5.97 Å². The number of aromatic hydroxyl groups is 2. The molecule has 0 saturated carbocycles. The number of carbonyl (C=O) groups excluding carboxylic acids is 1. The van der Waals surface area contributed by atoms with Gasteiger partial charge in [0.15, 0.2) is 0 Å². The number of aliphatic carboxylic acids is 1. The summed E-state index contributed by atoms with van der Waals surface area (Å²) in [6.45, 7) is 0. The van der Waals surface area contributed by atoms with Gasteiger partial charge in [-0.05, 0) is 35.4 Å². The maximum Gasteiger partial charge on any atom is 0.116 e. The summed E-state index contributed by atoms with van der Waals surface area (Å²) in [6, 6.07) is 11.8. The molecule has 0 bridgehead atoms. The highest BCUT2D eigenvalue weighted by Gasteiger charge is 2.35. The quantitative estimate of drug-likeness (QED) is 0.565. The Kier molecular flexibility index (Phi) is 3.84. The number of rotatable bonds is 4. The third-order valence-electron chi connectivity index (χ3n) is 3.28. The number of carboxylic acid groups (broad SMARTS) is 1. The number of benzene rings is 2. The standard InChI is InChI=1S/C15H16N2O4/c16-15(17,14(20)21)13(9-1-5-11(18)6-2-9)10-3-7-12(19)8-4-10/h1-8,13,18-19H,16-17H2,(H,20,21)/p-1. The lowest BCUT2D eigenvalue weighted by Gasteiger charge is -2.35. The van der Waals surface area contributed by atoms with Crippen LogP contribution in [0.25, 0.3) is 0 Å². The number of phenolic OH excluding ortho intramolecular Hbond substituents is 2. The molecule has 0 amide bonds. The van der Waals surface area contributed by atoms with E-state index in [0.717, 1.165) is 0 Å². The van der Waals surface area contributed by atoms with Crippen molar-refractivity contribution in [2.45, 2.75) is 11.6 Å². The Hall–Kier alpha value is -2.57. The zero-order valence-corrected chi connectivity index (χ0v) is 11.1. The van der Waals surface area contributed by atoms with Gasteiger partial charge >= 0.3 is 0 Å². The SMILES string of the molecule is NC(N)(C(=O)[O-])C(c1ccc(O)cc1)c1ccc(O)cc1. The Labute approximate surface area is 121 Å². The molecule has 2 aromatic carbocycles. The van der Waals surface area contributed by atoms with Crippen LogP contribution in [0.4, 0.5) is 0 Å². The van der Waals surface area contributed by atoms with Crippen molar-refractivity contribution in [2.24, 2.45) is 11.5 Å². The molecule has 0 aliphatic heterocycles. The van der Waals surface area contributed by atoms with E-state index in [1.807, 2.05) is 0 Å². The van der Waals surface area contributed by atoms with Gasteiger partial charge < -0.3 is 31.6 Å². The van der Waals surface area contributed by atoms with Crippen molar-refractivity contribution < 1.29 is 20.1 Å². The molecular weight excluding hydrogens is 272 g/mol. The molecule has 2 aromatic rings. The van der Waals surface area contributed by atoms with Gasteiger partial charge in [0.25, 0.3) is 0 Å². The molecule has 6 nitrogen and oxygen atoms in total. The molecule has 6 N–H and O–H groups in total. The first-order valence-electron chi connectivity index (χ1n) is 6.19. The first-order valence-corrected chi connectivity index (χ1v) is 6.19. The summed E-state index contributed by atoms with van der Waals surface area (Å²) in [5.74, 6) is -2.43. The Bertz CT molecular complexity index is 590. The predicted molar refractivity (Wildman–Crippen MR) is 74.2 cm³/mol. The van der Waals surface area contributed by atoms with Crippen molar-refractivity contribution in [3.8, 4) is 11.5 Å². The van der Waals surface area contributed by atoms with E-state index >= 15 is 0 Å². The minimum absolute atomic E-state index is 0.0382. The average molecular weight is 287 g/mol. The second-order valence-corrected chi connectivity index (χ2v) is 4.84. The first-order chi connectivity index (χ1) is 9.82. The number of carbonyl (C=O) groups is 1. The van der Waals surface area contributed by atoms with E-state index in [0.29, 0.717) is 11.1 Å². The largest absolute Gasteiger partial charge is 0.547 e. The summed E-state index contributed by atoms with van der Waals surface area (Å²) < 4.78 is 0. The van der Waals surface area contributed by atoms with Gasteiger partial charge in [-0.1, -0.05) is 24.3 Å². The molecule has 0 heterocycles. The number of nitrogens with two attached hydrogens (primary N) is 2. The fourth-order valence-electron chi connectivity index (χ4n) is 2.20. The molecule has 110 valence electrons. The van der Waals surface area contributed by atoms with E-state index in [1.54, 1.807) is 0 Å². The van der Waals surface area contributed by atoms with E-state index in [2.05, 4.69) is 0 Å². The zero-order valence-electron chi connectivity index (χ0n) is 11.1. The van der Waals surface area contributed by atoms with E-state index in [-0.39, 0.29) is 11.5 Å². The van der Waals surface area contributed by atoms with Gasteiger partial charge in [-0.15, -0.1) is 0 Å². The van der Waals surface area contributed by atoms with Crippen LogP contribution >= 0.6 is 0 Å². The first kappa shape index (κ1) is 14.8. The Morgan fingerprint density at radius 2 is 1.24 bits per heavy atom. The fraction of sp³-hybridized carbons (Fsp3) is 0.133. The highest BCUT2D eigenvalue weighted by atomic mass is 16.4. The van der Waals surface area contributed by atoms with Gasteiger partial charge in [-0.2, -0.15) is 0 Å². The summed E-state index contributed by atoms with van der Waals surface area (Å²) in [4.78, 5) is 11.3. The van der Waals surface area contributed by atoms with E-state index < -0.39 is 17.6 Å². The van der Waals surface area contributed by atoms with Crippen LogP contribution in [0.2, 0.25) is 0 Å². The highest BCUT2D eigenvalue weighted by Crippen LogP contribution is 2.32. The van der Waals surface area contributed by atoms with Gasteiger partial charge in [0, 0.05) is 5.92 Å². The summed E-state index contributed by atoms with van der Waals surface area (Å²) >= 11 is 0.